The molecule has 1 amide bonds. The maximum atomic E-state index is 11.8. The Morgan fingerprint density at radius 1 is 1.35 bits per heavy atom. The van der Waals surface area contributed by atoms with Gasteiger partial charge < -0.3 is 10.4 Å². The van der Waals surface area contributed by atoms with Crippen LogP contribution in [0.15, 0.2) is 0 Å². The predicted molar refractivity (Wildman–Crippen MR) is 69.7 cm³/mol. The van der Waals surface area contributed by atoms with Crippen molar-refractivity contribution in [1.29, 1.82) is 0 Å². The molecule has 0 aliphatic heterocycles. The molecule has 1 fully saturated rings. The lowest BCUT2D eigenvalue weighted by Crippen LogP contribution is -2.51. The van der Waals surface area contributed by atoms with Gasteiger partial charge in [0.05, 0.1) is 11.6 Å². The first-order valence-electron chi connectivity index (χ1n) is 6.91. The number of aliphatic hydroxyl groups excluding tert-OH is 1. The van der Waals surface area contributed by atoms with E-state index in [2.05, 4.69) is 5.32 Å². The number of aliphatic hydroxyl groups is 1. The normalized spacial score (nSPS) is 20.0. The van der Waals surface area contributed by atoms with Crippen LogP contribution in [-0.2, 0) is 4.79 Å². The minimum absolute atomic E-state index is 0.0708. The quantitative estimate of drug-likeness (QED) is 0.777. The molecule has 1 unspecified atom stereocenters. The van der Waals surface area contributed by atoms with Crippen molar-refractivity contribution in [3.63, 3.8) is 0 Å². The molecule has 3 heteroatoms. The summed E-state index contributed by atoms with van der Waals surface area (Å²) in [6, 6.07) is 0. The lowest BCUT2D eigenvalue weighted by Gasteiger charge is -2.30. The van der Waals surface area contributed by atoms with E-state index < -0.39 is 11.6 Å². The van der Waals surface area contributed by atoms with Crippen LogP contribution in [0, 0.1) is 5.92 Å². The molecular formula is C14H27NO2. The molecule has 3 nitrogen and oxygen atoms in total. The summed E-state index contributed by atoms with van der Waals surface area (Å²) >= 11 is 0. The van der Waals surface area contributed by atoms with Gasteiger partial charge in [0.15, 0.2) is 0 Å². The second-order valence-electron chi connectivity index (χ2n) is 5.99. The van der Waals surface area contributed by atoms with Crippen LogP contribution in [-0.4, -0.2) is 22.7 Å². The van der Waals surface area contributed by atoms with Crippen LogP contribution in [0.25, 0.3) is 0 Å². The topological polar surface area (TPSA) is 49.3 Å². The molecule has 1 aliphatic carbocycles. The number of hydrogen-bond donors (Lipinski definition) is 2. The van der Waals surface area contributed by atoms with Crippen molar-refractivity contribution in [2.45, 2.75) is 77.4 Å². The maximum absolute atomic E-state index is 11.8. The van der Waals surface area contributed by atoms with Gasteiger partial charge in [0.25, 0.3) is 0 Å². The monoisotopic (exact) mass is 241 g/mol. The van der Waals surface area contributed by atoms with Crippen LogP contribution >= 0.6 is 0 Å². The van der Waals surface area contributed by atoms with E-state index in [0.717, 1.165) is 12.3 Å². The van der Waals surface area contributed by atoms with Crippen LogP contribution in [0.1, 0.15) is 65.7 Å². The summed E-state index contributed by atoms with van der Waals surface area (Å²) < 4.78 is 0. The molecule has 0 aromatic carbocycles. The third-order valence-electron chi connectivity index (χ3n) is 4.01. The van der Waals surface area contributed by atoms with E-state index in [-0.39, 0.29) is 5.91 Å². The molecular weight excluding hydrogens is 214 g/mol. The maximum Gasteiger partial charge on any atom is 0.220 e. The third kappa shape index (κ3) is 5.07. The Kier molecular flexibility index (Phi) is 5.44. The molecule has 1 aliphatic rings. The zero-order valence-corrected chi connectivity index (χ0v) is 11.5. The summed E-state index contributed by atoms with van der Waals surface area (Å²) in [6.45, 7) is 5.42. The molecule has 1 saturated carbocycles. The van der Waals surface area contributed by atoms with Gasteiger partial charge >= 0.3 is 0 Å². The molecule has 0 spiro atoms. The Balaban J connectivity index is 2.25. The second-order valence-corrected chi connectivity index (χ2v) is 5.99. The Morgan fingerprint density at radius 3 is 2.47 bits per heavy atom. The van der Waals surface area contributed by atoms with Gasteiger partial charge in [0.1, 0.15) is 0 Å². The van der Waals surface area contributed by atoms with Crippen molar-refractivity contribution in [2.24, 2.45) is 5.92 Å². The van der Waals surface area contributed by atoms with Crippen LogP contribution in [0.3, 0.4) is 0 Å². The van der Waals surface area contributed by atoms with E-state index in [0.29, 0.717) is 6.42 Å². The van der Waals surface area contributed by atoms with Gasteiger partial charge in [0.2, 0.25) is 5.91 Å². The highest BCUT2D eigenvalue weighted by Gasteiger charge is 2.26. The molecule has 0 heterocycles. The predicted octanol–water partition coefficient (Wildman–Crippen LogP) is 2.62. The number of hydrogen-bond acceptors (Lipinski definition) is 2. The number of carbonyl (C=O) groups excluding carboxylic acids is 1. The van der Waals surface area contributed by atoms with E-state index in [1.807, 2.05) is 13.8 Å². The standard InChI is InChI=1S/C14H27NO2/c1-11(16)14(2,3)15-13(17)10-9-12-7-5-4-6-8-12/h11-12,16H,4-10H2,1-3H3,(H,15,17). The van der Waals surface area contributed by atoms with E-state index in [4.69, 9.17) is 0 Å². The first kappa shape index (κ1) is 14.5. The summed E-state index contributed by atoms with van der Waals surface area (Å²) in [5, 5.41) is 12.4. The Hall–Kier alpha value is -0.570. The average Bonchev–Trinajstić information content (AvgIpc) is 2.27. The van der Waals surface area contributed by atoms with Crippen molar-refractivity contribution in [1.82, 2.24) is 5.32 Å². The lowest BCUT2D eigenvalue weighted by atomic mass is 9.86. The molecule has 100 valence electrons. The highest BCUT2D eigenvalue weighted by atomic mass is 16.3. The Morgan fingerprint density at radius 2 is 1.94 bits per heavy atom. The van der Waals surface area contributed by atoms with Crippen LogP contribution in [0.2, 0.25) is 0 Å². The molecule has 0 aromatic heterocycles. The number of rotatable bonds is 5. The van der Waals surface area contributed by atoms with E-state index in [1.54, 1.807) is 6.92 Å². The molecule has 2 N–H and O–H groups in total. The van der Waals surface area contributed by atoms with Gasteiger partial charge in [-0.25, -0.2) is 0 Å². The molecule has 17 heavy (non-hydrogen) atoms. The van der Waals surface area contributed by atoms with Gasteiger partial charge in [-0.15, -0.1) is 0 Å². The third-order valence-corrected chi connectivity index (χ3v) is 4.01. The fraction of sp³-hybridized carbons (Fsp3) is 0.929. The summed E-state index contributed by atoms with van der Waals surface area (Å²) in [5.41, 5.74) is -0.524. The first-order valence-corrected chi connectivity index (χ1v) is 6.91. The van der Waals surface area contributed by atoms with Crippen LogP contribution in [0.5, 0.6) is 0 Å². The van der Waals surface area contributed by atoms with Crippen LogP contribution < -0.4 is 5.32 Å². The molecule has 0 saturated heterocycles. The first-order chi connectivity index (χ1) is 7.92. The largest absolute Gasteiger partial charge is 0.391 e. The SMILES string of the molecule is CC(O)C(C)(C)NC(=O)CCC1CCCCC1. The number of carbonyl (C=O) groups is 1. The fourth-order valence-electron chi connectivity index (χ4n) is 2.34. The summed E-state index contributed by atoms with van der Waals surface area (Å²) in [6.07, 6.45) is 7.65. The smallest absolute Gasteiger partial charge is 0.220 e. The molecule has 0 bridgehead atoms. The molecule has 0 radical (unpaired) electrons. The molecule has 1 atom stereocenters. The van der Waals surface area contributed by atoms with Crippen LogP contribution in [0.4, 0.5) is 0 Å². The zero-order valence-electron chi connectivity index (χ0n) is 11.5. The highest BCUT2D eigenvalue weighted by molar-refractivity contribution is 5.76. The molecule has 0 aromatic rings. The number of nitrogens with one attached hydrogen (secondary N) is 1. The van der Waals surface area contributed by atoms with Gasteiger partial charge in [0, 0.05) is 6.42 Å². The minimum atomic E-state index is -0.527. The van der Waals surface area contributed by atoms with Gasteiger partial charge in [-0.1, -0.05) is 32.1 Å². The zero-order chi connectivity index (χ0) is 12.9. The van der Waals surface area contributed by atoms with Gasteiger partial charge in [-0.05, 0) is 33.1 Å². The van der Waals surface area contributed by atoms with Crippen molar-refractivity contribution in [3.05, 3.63) is 0 Å². The van der Waals surface area contributed by atoms with Crippen molar-refractivity contribution in [3.8, 4) is 0 Å². The van der Waals surface area contributed by atoms with Crippen molar-refractivity contribution in [2.75, 3.05) is 0 Å². The Labute approximate surface area is 105 Å². The fourth-order valence-corrected chi connectivity index (χ4v) is 2.34. The highest BCUT2D eigenvalue weighted by Crippen LogP contribution is 2.27. The number of amides is 1. The van der Waals surface area contributed by atoms with Gasteiger partial charge in [-0.3, -0.25) is 4.79 Å². The Bertz CT molecular complexity index is 243. The van der Waals surface area contributed by atoms with Crippen molar-refractivity contribution >= 4 is 5.91 Å². The van der Waals surface area contributed by atoms with Gasteiger partial charge in [-0.2, -0.15) is 0 Å². The van der Waals surface area contributed by atoms with E-state index >= 15 is 0 Å². The van der Waals surface area contributed by atoms with E-state index in [9.17, 15) is 9.90 Å². The molecule has 1 rings (SSSR count). The van der Waals surface area contributed by atoms with Crippen molar-refractivity contribution < 1.29 is 9.90 Å². The average molecular weight is 241 g/mol. The second kappa shape index (κ2) is 6.39. The van der Waals surface area contributed by atoms with E-state index in [1.165, 1.54) is 32.1 Å². The lowest BCUT2D eigenvalue weighted by molar-refractivity contribution is -0.124. The summed E-state index contributed by atoms with van der Waals surface area (Å²) in [4.78, 5) is 11.8. The summed E-state index contributed by atoms with van der Waals surface area (Å²) in [5.74, 6) is 0.811. The summed E-state index contributed by atoms with van der Waals surface area (Å²) in [7, 11) is 0. The minimum Gasteiger partial charge on any atom is -0.391 e.